The van der Waals surface area contributed by atoms with Gasteiger partial charge in [-0.1, -0.05) is 13.8 Å². The summed E-state index contributed by atoms with van der Waals surface area (Å²) in [5.41, 5.74) is 2.02. The van der Waals surface area contributed by atoms with Crippen molar-refractivity contribution in [2.24, 2.45) is 0 Å². The zero-order valence-corrected chi connectivity index (χ0v) is 16.5. The normalized spacial score (nSPS) is 11.2. The van der Waals surface area contributed by atoms with Crippen LogP contribution in [0.5, 0.6) is 11.5 Å². The molecule has 148 valence electrons. The Bertz CT molecular complexity index is 812. The molecular weight excluding hydrogens is 356 g/mol. The van der Waals surface area contributed by atoms with Gasteiger partial charge in [-0.15, -0.1) is 0 Å². The lowest BCUT2D eigenvalue weighted by Gasteiger charge is -2.22. The highest BCUT2D eigenvalue weighted by Crippen LogP contribution is 2.32. The molecule has 1 atom stereocenters. The first-order chi connectivity index (χ1) is 13.6. The molecule has 0 amide bonds. The third kappa shape index (κ3) is 6.20. The second kappa shape index (κ2) is 10.8. The molecule has 0 spiro atoms. The maximum Gasteiger partial charge on any atom is 0.304 e. The lowest BCUT2D eigenvalue weighted by molar-refractivity contribution is -0.145. The van der Waals surface area contributed by atoms with Gasteiger partial charge in [0.25, 0.3) is 0 Å². The first kappa shape index (κ1) is 21.1. The number of nitrogens with one attached hydrogen (secondary N) is 1. The van der Waals surface area contributed by atoms with E-state index in [1.807, 2.05) is 32.0 Å². The Balaban J connectivity index is 2.29. The van der Waals surface area contributed by atoms with E-state index in [9.17, 15) is 4.79 Å². The molecule has 2 aromatic carbocycles. The van der Waals surface area contributed by atoms with Gasteiger partial charge in [-0.05, 0) is 55.3 Å². The minimum absolute atomic E-state index is 0.409. The summed E-state index contributed by atoms with van der Waals surface area (Å²) in [6.07, 6.45) is 1.06. The number of carbonyl (C=O) groups excluding carboxylic acids is 1. The van der Waals surface area contributed by atoms with E-state index in [0.717, 1.165) is 24.1 Å². The number of rotatable bonds is 10. The number of hydrogen-bond donors (Lipinski definition) is 1. The van der Waals surface area contributed by atoms with E-state index in [0.29, 0.717) is 30.3 Å². The smallest absolute Gasteiger partial charge is 0.304 e. The lowest BCUT2D eigenvalue weighted by Crippen LogP contribution is -2.17. The van der Waals surface area contributed by atoms with Gasteiger partial charge in [0.05, 0.1) is 24.8 Å². The van der Waals surface area contributed by atoms with E-state index in [-0.39, 0.29) is 0 Å². The Hall–Kier alpha value is -3.20. The first-order valence-corrected chi connectivity index (χ1v) is 9.40. The van der Waals surface area contributed by atoms with Crippen molar-refractivity contribution < 1.29 is 19.0 Å². The molecule has 0 saturated carbocycles. The summed E-state index contributed by atoms with van der Waals surface area (Å²) in [6, 6.07) is 14.5. The number of hydrogen-bond acceptors (Lipinski definition) is 6. The van der Waals surface area contributed by atoms with Gasteiger partial charge in [0.15, 0.2) is 17.7 Å². The minimum atomic E-state index is -0.699. The Kier molecular flexibility index (Phi) is 8.16. The molecule has 1 unspecified atom stereocenters. The van der Waals surface area contributed by atoms with Gasteiger partial charge >= 0.3 is 5.97 Å². The van der Waals surface area contributed by atoms with Crippen molar-refractivity contribution in [1.82, 2.24) is 0 Å². The average Bonchev–Trinajstić information content (AvgIpc) is 2.70. The summed E-state index contributed by atoms with van der Waals surface area (Å²) in [5.74, 6) is 0.874. The topological polar surface area (TPSA) is 80.6 Å². The molecule has 6 heteroatoms. The summed E-state index contributed by atoms with van der Waals surface area (Å²) >= 11 is 0. The maximum absolute atomic E-state index is 11.6. The number of carbonyl (C=O) groups is 1. The molecule has 2 aromatic rings. The van der Waals surface area contributed by atoms with Crippen LogP contribution in [-0.4, -0.2) is 19.2 Å². The van der Waals surface area contributed by atoms with Gasteiger partial charge in [0.2, 0.25) is 0 Å². The highest BCUT2D eigenvalue weighted by Gasteiger charge is 2.18. The van der Waals surface area contributed by atoms with Crippen molar-refractivity contribution >= 4 is 11.7 Å². The van der Waals surface area contributed by atoms with Crippen molar-refractivity contribution in [3.05, 3.63) is 53.6 Å². The molecule has 0 heterocycles. The lowest BCUT2D eigenvalue weighted by atomic mass is 10.1. The monoisotopic (exact) mass is 382 g/mol. The zero-order valence-electron chi connectivity index (χ0n) is 16.5. The van der Waals surface area contributed by atoms with Crippen LogP contribution in [0.15, 0.2) is 42.5 Å². The molecule has 0 saturated heterocycles. The van der Waals surface area contributed by atoms with E-state index in [1.54, 1.807) is 24.3 Å². The third-order valence-corrected chi connectivity index (χ3v) is 3.79. The molecular formula is C22H26N2O4. The predicted molar refractivity (Wildman–Crippen MR) is 107 cm³/mol. The fraction of sp³-hybridized carbons (Fsp3) is 0.364. The number of benzene rings is 2. The first-order valence-electron chi connectivity index (χ1n) is 9.40. The van der Waals surface area contributed by atoms with Gasteiger partial charge in [-0.3, -0.25) is 4.79 Å². The van der Waals surface area contributed by atoms with Crippen LogP contribution in [0.3, 0.4) is 0 Å². The summed E-state index contributed by atoms with van der Waals surface area (Å²) in [4.78, 5) is 11.6. The van der Waals surface area contributed by atoms with Crippen LogP contribution in [-0.2, 0) is 9.53 Å². The zero-order chi connectivity index (χ0) is 20.4. The highest BCUT2D eigenvalue weighted by molar-refractivity contribution is 5.67. The Labute approximate surface area is 166 Å². The van der Waals surface area contributed by atoms with Crippen molar-refractivity contribution in [1.29, 1.82) is 5.26 Å². The number of nitrogens with zero attached hydrogens (tertiary/aromatic N) is 1. The second-order valence-electron chi connectivity index (χ2n) is 6.23. The quantitative estimate of drug-likeness (QED) is 0.469. The Morgan fingerprint density at radius 1 is 1.04 bits per heavy atom. The van der Waals surface area contributed by atoms with Crippen molar-refractivity contribution in [3.8, 4) is 17.6 Å². The fourth-order valence-corrected chi connectivity index (χ4v) is 2.48. The SMILES string of the molecule is CCCOc1ccc(C(Nc2ccc(C#N)cc2)OC(C)=O)cc1OCCC. The van der Waals surface area contributed by atoms with Crippen molar-refractivity contribution in [2.45, 2.75) is 39.8 Å². The molecule has 0 aromatic heterocycles. The molecule has 28 heavy (non-hydrogen) atoms. The molecule has 2 rings (SSSR count). The van der Waals surface area contributed by atoms with E-state index in [1.165, 1.54) is 6.92 Å². The molecule has 0 aliphatic carbocycles. The maximum atomic E-state index is 11.6. The fourth-order valence-electron chi connectivity index (χ4n) is 2.48. The van der Waals surface area contributed by atoms with Crippen LogP contribution in [0.25, 0.3) is 0 Å². The van der Waals surface area contributed by atoms with Gasteiger partial charge in [-0.25, -0.2) is 0 Å². The molecule has 1 N–H and O–H groups in total. The van der Waals surface area contributed by atoms with E-state index in [2.05, 4.69) is 11.4 Å². The summed E-state index contributed by atoms with van der Waals surface area (Å²) in [5, 5.41) is 12.1. The molecule has 0 aliphatic rings. The molecule has 0 radical (unpaired) electrons. The second-order valence-corrected chi connectivity index (χ2v) is 6.23. The molecule has 0 fully saturated rings. The van der Waals surface area contributed by atoms with Crippen LogP contribution >= 0.6 is 0 Å². The standard InChI is InChI=1S/C22H26N2O4/c1-4-12-26-20-11-8-18(14-21(20)27-13-5-2)22(28-16(3)25)24-19-9-6-17(15-23)7-10-19/h6-11,14,22,24H,4-5,12-13H2,1-3H3. The van der Waals surface area contributed by atoms with Crippen LogP contribution in [0.2, 0.25) is 0 Å². The van der Waals surface area contributed by atoms with Gasteiger partial charge < -0.3 is 19.5 Å². The van der Waals surface area contributed by atoms with Crippen LogP contribution in [0.1, 0.15) is 51.0 Å². The number of nitriles is 1. The Morgan fingerprint density at radius 3 is 2.25 bits per heavy atom. The summed E-state index contributed by atoms with van der Waals surface area (Å²) in [7, 11) is 0. The summed E-state index contributed by atoms with van der Waals surface area (Å²) < 4.78 is 17.1. The van der Waals surface area contributed by atoms with Gasteiger partial charge in [0.1, 0.15) is 0 Å². The van der Waals surface area contributed by atoms with E-state index in [4.69, 9.17) is 19.5 Å². The van der Waals surface area contributed by atoms with E-state index < -0.39 is 12.2 Å². The number of esters is 1. The van der Waals surface area contributed by atoms with Gasteiger partial charge in [0, 0.05) is 18.2 Å². The highest BCUT2D eigenvalue weighted by atomic mass is 16.6. The number of anilines is 1. The predicted octanol–water partition coefficient (Wildman–Crippen LogP) is 4.81. The van der Waals surface area contributed by atoms with Crippen LogP contribution in [0.4, 0.5) is 5.69 Å². The average molecular weight is 382 g/mol. The molecule has 0 aliphatic heterocycles. The van der Waals surface area contributed by atoms with Crippen LogP contribution < -0.4 is 14.8 Å². The van der Waals surface area contributed by atoms with Crippen molar-refractivity contribution in [3.63, 3.8) is 0 Å². The van der Waals surface area contributed by atoms with Crippen LogP contribution in [0, 0.1) is 11.3 Å². The van der Waals surface area contributed by atoms with Gasteiger partial charge in [-0.2, -0.15) is 5.26 Å². The number of ether oxygens (including phenoxy) is 3. The Morgan fingerprint density at radius 2 is 1.68 bits per heavy atom. The van der Waals surface area contributed by atoms with Crippen molar-refractivity contribution in [2.75, 3.05) is 18.5 Å². The molecule has 6 nitrogen and oxygen atoms in total. The largest absolute Gasteiger partial charge is 0.490 e. The molecule has 0 bridgehead atoms. The summed E-state index contributed by atoms with van der Waals surface area (Å²) in [6.45, 7) is 6.59. The third-order valence-electron chi connectivity index (χ3n) is 3.79. The van der Waals surface area contributed by atoms with E-state index >= 15 is 0 Å². The minimum Gasteiger partial charge on any atom is -0.490 e.